The second-order valence-corrected chi connectivity index (χ2v) is 5.73. The molecule has 0 aliphatic rings. The van der Waals surface area contributed by atoms with E-state index in [1.807, 2.05) is 38.1 Å². The van der Waals surface area contributed by atoms with Crippen LogP contribution in [0, 0.1) is 6.92 Å². The van der Waals surface area contributed by atoms with Crippen molar-refractivity contribution in [3.8, 4) is 11.5 Å². The van der Waals surface area contributed by atoms with E-state index in [0.29, 0.717) is 17.1 Å². The van der Waals surface area contributed by atoms with Crippen molar-refractivity contribution in [2.75, 3.05) is 13.7 Å². The van der Waals surface area contributed by atoms with E-state index in [2.05, 4.69) is 5.32 Å². The highest BCUT2D eigenvalue weighted by Crippen LogP contribution is 2.28. The van der Waals surface area contributed by atoms with Gasteiger partial charge >= 0.3 is 0 Å². The molecule has 6 heteroatoms. The van der Waals surface area contributed by atoms with Crippen LogP contribution in [0.4, 0.5) is 0 Å². The van der Waals surface area contributed by atoms with Crippen LogP contribution in [0.15, 0.2) is 42.5 Å². The summed E-state index contributed by atoms with van der Waals surface area (Å²) in [4.78, 5) is 23.3. The summed E-state index contributed by atoms with van der Waals surface area (Å²) in [7, 11) is 1.46. The number of nitrogens with one attached hydrogen (secondary N) is 1. The molecular formula is C19H22N2O4. The summed E-state index contributed by atoms with van der Waals surface area (Å²) < 4.78 is 10.5. The summed E-state index contributed by atoms with van der Waals surface area (Å²) in [5.74, 6) is -0.107. The van der Waals surface area contributed by atoms with E-state index in [1.54, 1.807) is 18.2 Å². The minimum absolute atomic E-state index is 0.134. The second kappa shape index (κ2) is 8.19. The summed E-state index contributed by atoms with van der Waals surface area (Å²) in [6.07, 6.45) is 0. The number of rotatable bonds is 7. The first-order valence-corrected chi connectivity index (χ1v) is 7.87. The summed E-state index contributed by atoms with van der Waals surface area (Å²) in [6.45, 7) is 3.68. The van der Waals surface area contributed by atoms with Crippen molar-refractivity contribution in [1.82, 2.24) is 5.32 Å². The number of nitrogens with two attached hydrogens (primary N) is 1. The molecule has 0 saturated carbocycles. The number of methoxy groups -OCH3 is 1. The van der Waals surface area contributed by atoms with Crippen LogP contribution in [0.2, 0.25) is 0 Å². The Morgan fingerprint density at radius 2 is 1.80 bits per heavy atom. The molecule has 6 nitrogen and oxygen atoms in total. The number of hydrogen-bond donors (Lipinski definition) is 2. The van der Waals surface area contributed by atoms with Crippen LogP contribution in [0.1, 0.15) is 34.5 Å². The lowest BCUT2D eigenvalue weighted by atomic mass is 10.1. The smallest absolute Gasteiger partial charge is 0.255 e. The number of carbonyl (C=O) groups excluding carboxylic acids is 2. The van der Waals surface area contributed by atoms with Crippen molar-refractivity contribution in [1.29, 1.82) is 0 Å². The molecule has 3 N–H and O–H groups in total. The van der Waals surface area contributed by atoms with Gasteiger partial charge in [-0.3, -0.25) is 9.59 Å². The lowest BCUT2D eigenvalue weighted by Gasteiger charge is -2.16. The molecule has 0 aliphatic heterocycles. The number of carbonyl (C=O) groups is 2. The second-order valence-electron chi connectivity index (χ2n) is 5.73. The maximum Gasteiger partial charge on any atom is 0.255 e. The van der Waals surface area contributed by atoms with Crippen LogP contribution < -0.4 is 20.5 Å². The molecule has 2 aromatic rings. The molecule has 132 valence electrons. The Bertz CT molecular complexity index is 757. The lowest BCUT2D eigenvalue weighted by molar-refractivity contribution is -0.119. The van der Waals surface area contributed by atoms with E-state index in [9.17, 15) is 9.59 Å². The van der Waals surface area contributed by atoms with Gasteiger partial charge < -0.3 is 20.5 Å². The average molecular weight is 342 g/mol. The fourth-order valence-corrected chi connectivity index (χ4v) is 2.30. The van der Waals surface area contributed by atoms with Gasteiger partial charge in [0.1, 0.15) is 0 Å². The maximum atomic E-state index is 12.5. The highest BCUT2D eigenvalue weighted by molar-refractivity contribution is 5.95. The van der Waals surface area contributed by atoms with Gasteiger partial charge in [-0.05, 0) is 37.6 Å². The standard InChI is InChI=1S/C19H22N2O4/c1-12-4-6-14(7-5-12)13(2)21-19(23)15-8-9-16(17(10-15)24-3)25-11-18(20)22/h4-10,13H,11H2,1-3H3,(H2,20,22)(H,21,23). The van der Waals surface area contributed by atoms with E-state index in [4.69, 9.17) is 15.2 Å². The fraction of sp³-hybridized carbons (Fsp3) is 0.263. The Morgan fingerprint density at radius 3 is 2.40 bits per heavy atom. The van der Waals surface area contributed by atoms with Crippen LogP contribution in [0.5, 0.6) is 11.5 Å². The van der Waals surface area contributed by atoms with E-state index in [0.717, 1.165) is 5.56 Å². The molecule has 1 unspecified atom stereocenters. The van der Waals surface area contributed by atoms with Gasteiger partial charge in [-0.1, -0.05) is 29.8 Å². The minimum atomic E-state index is -0.587. The molecular weight excluding hydrogens is 320 g/mol. The van der Waals surface area contributed by atoms with Crippen LogP contribution in [0.25, 0.3) is 0 Å². The molecule has 2 rings (SSSR count). The van der Waals surface area contributed by atoms with Crippen molar-refractivity contribution >= 4 is 11.8 Å². The van der Waals surface area contributed by atoms with Gasteiger partial charge in [-0.15, -0.1) is 0 Å². The van der Waals surface area contributed by atoms with Crippen LogP contribution in [0.3, 0.4) is 0 Å². The summed E-state index contributed by atoms with van der Waals surface area (Å²) in [5, 5.41) is 2.94. The van der Waals surface area contributed by atoms with Gasteiger partial charge in [0.05, 0.1) is 13.2 Å². The highest BCUT2D eigenvalue weighted by atomic mass is 16.5. The first-order chi connectivity index (χ1) is 11.9. The van der Waals surface area contributed by atoms with Crippen LogP contribution in [-0.2, 0) is 4.79 Å². The number of hydrogen-bond acceptors (Lipinski definition) is 4. The zero-order chi connectivity index (χ0) is 18.4. The first-order valence-electron chi connectivity index (χ1n) is 7.87. The molecule has 0 saturated heterocycles. The van der Waals surface area contributed by atoms with Gasteiger partial charge in [-0.25, -0.2) is 0 Å². The normalized spacial score (nSPS) is 11.5. The Hall–Kier alpha value is -3.02. The Morgan fingerprint density at radius 1 is 1.12 bits per heavy atom. The number of benzene rings is 2. The van der Waals surface area contributed by atoms with Crippen LogP contribution >= 0.6 is 0 Å². The molecule has 0 heterocycles. The predicted octanol–water partition coefficient (Wildman–Crippen LogP) is 2.36. The van der Waals surface area contributed by atoms with E-state index in [-0.39, 0.29) is 18.6 Å². The SMILES string of the molecule is COc1cc(C(=O)NC(C)c2ccc(C)cc2)ccc1OCC(N)=O. The van der Waals surface area contributed by atoms with E-state index < -0.39 is 5.91 Å². The lowest BCUT2D eigenvalue weighted by Crippen LogP contribution is -2.26. The molecule has 0 radical (unpaired) electrons. The molecule has 0 spiro atoms. The summed E-state index contributed by atoms with van der Waals surface area (Å²) in [5.41, 5.74) is 7.68. The van der Waals surface area contributed by atoms with Crippen molar-refractivity contribution < 1.29 is 19.1 Å². The number of amides is 2. The third-order valence-electron chi connectivity index (χ3n) is 3.72. The topological polar surface area (TPSA) is 90.7 Å². The first kappa shape index (κ1) is 18.3. The average Bonchev–Trinajstić information content (AvgIpc) is 2.60. The fourth-order valence-electron chi connectivity index (χ4n) is 2.30. The monoisotopic (exact) mass is 342 g/mol. The maximum absolute atomic E-state index is 12.5. The van der Waals surface area contributed by atoms with Gasteiger partial charge in [-0.2, -0.15) is 0 Å². The van der Waals surface area contributed by atoms with Gasteiger partial charge in [0.25, 0.3) is 11.8 Å². The largest absolute Gasteiger partial charge is 0.493 e. The van der Waals surface area contributed by atoms with Gasteiger partial charge in [0, 0.05) is 5.56 Å². The molecule has 2 amide bonds. The van der Waals surface area contributed by atoms with Crippen molar-refractivity contribution in [2.24, 2.45) is 5.73 Å². The number of ether oxygens (including phenoxy) is 2. The van der Waals surface area contributed by atoms with Crippen LogP contribution in [-0.4, -0.2) is 25.5 Å². The van der Waals surface area contributed by atoms with Crippen molar-refractivity contribution in [3.05, 3.63) is 59.2 Å². The Balaban J connectivity index is 2.10. The number of primary amides is 1. The Kier molecular flexibility index (Phi) is 6.00. The quantitative estimate of drug-likeness (QED) is 0.808. The van der Waals surface area contributed by atoms with E-state index >= 15 is 0 Å². The third-order valence-corrected chi connectivity index (χ3v) is 3.72. The zero-order valence-corrected chi connectivity index (χ0v) is 14.5. The molecule has 1 atom stereocenters. The van der Waals surface area contributed by atoms with Gasteiger partial charge in [0.2, 0.25) is 0 Å². The van der Waals surface area contributed by atoms with Crippen molar-refractivity contribution in [3.63, 3.8) is 0 Å². The minimum Gasteiger partial charge on any atom is -0.493 e. The molecule has 2 aromatic carbocycles. The molecule has 0 bridgehead atoms. The summed E-state index contributed by atoms with van der Waals surface area (Å²) in [6, 6.07) is 12.6. The molecule has 25 heavy (non-hydrogen) atoms. The number of aryl methyl sites for hydroxylation is 1. The zero-order valence-electron chi connectivity index (χ0n) is 14.5. The predicted molar refractivity (Wildman–Crippen MR) is 94.7 cm³/mol. The van der Waals surface area contributed by atoms with Gasteiger partial charge in [0.15, 0.2) is 18.1 Å². The molecule has 0 fully saturated rings. The summed E-state index contributed by atoms with van der Waals surface area (Å²) >= 11 is 0. The third kappa shape index (κ3) is 4.97. The Labute approximate surface area is 146 Å². The highest BCUT2D eigenvalue weighted by Gasteiger charge is 2.14. The molecule has 0 aliphatic carbocycles. The van der Waals surface area contributed by atoms with Crippen molar-refractivity contribution in [2.45, 2.75) is 19.9 Å². The molecule has 0 aromatic heterocycles. The van der Waals surface area contributed by atoms with E-state index in [1.165, 1.54) is 12.7 Å².